The standard InChI is InChI=1S/C14H24N3O12P3/c1-2-3-6-14(10-26-31(22,23)29-32(24,25)28-30(19,20)21)7-4-11(27-14)9-17-8-5-12(15)16-13(17)18/h3,5-6,8,11H,2,4,7,9-10H2,1H3,(H,22,23)(H,24,25)(H2,15,16,18)(H2,19,20,21)/b6-3+/t11?,14-/m0/s1. The van der Waals surface area contributed by atoms with E-state index in [4.69, 9.17) is 24.8 Å². The first-order valence-corrected chi connectivity index (χ1v) is 13.6. The van der Waals surface area contributed by atoms with Crippen LogP contribution in [-0.2, 0) is 38.1 Å². The highest BCUT2D eigenvalue weighted by atomic mass is 31.3. The highest BCUT2D eigenvalue weighted by Gasteiger charge is 2.44. The Kier molecular flexibility index (Phi) is 8.76. The summed E-state index contributed by atoms with van der Waals surface area (Å²) in [5.41, 5.74) is 3.64. The third-order valence-electron chi connectivity index (χ3n) is 4.13. The number of allylic oxidation sites excluding steroid dienone is 1. The molecule has 0 aliphatic carbocycles. The molecule has 32 heavy (non-hydrogen) atoms. The van der Waals surface area contributed by atoms with Gasteiger partial charge < -0.3 is 30.0 Å². The number of aromatic nitrogens is 2. The highest BCUT2D eigenvalue weighted by molar-refractivity contribution is 7.66. The number of phosphoric ester groups is 1. The molecule has 3 unspecified atom stereocenters. The van der Waals surface area contributed by atoms with Crippen molar-refractivity contribution >= 4 is 29.3 Å². The van der Waals surface area contributed by atoms with Gasteiger partial charge in [0.1, 0.15) is 11.4 Å². The van der Waals surface area contributed by atoms with Crippen molar-refractivity contribution in [2.45, 2.75) is 44.4 Å². The molecule has 0 saturated carbocycles. The molecule has 6 N–H and O–H groups in total. The van der Waals surface area contributed by atoms with Crippen molar-refractivity contribution in [2.75, 3.05) is 12.3 Å². The molecule has 18 heteroatoms. The van der Waals surface area contributed by atoms with Crippen LogP contribution in [0.5, 0.6) is 0 Å². The summed E-state index contributed by atoms with van der Waals surface area (Å²) >= 11 is 0. The van der Waals surface area contributed by atoms with Gasteiger partial charge in [-0.15, -0.1) is 0 Å². The molecule has 0 spiro atoms. The molecule has 0 bridgehead atoms. The van der Waals surface area contributed by atoms with Crippen LogP contribution in [0.15, 0.2) is 29.2 Å². The van der Waals surface area contributed by atoms with Crippen molar-refractivity contribution in [1.82, 2.24) is 9.55 Å². The van der Waals surface area contributed by atoms with Gasteiger partial charge in [0, 0.05) is 6.20 Å². The first kappa shape index (κ1) is 27.0. The van der Waals surface area contributed by atoms with Crippen molar-refractivity contribution in [2.24, 2.45) is 0 Å². The van der Waals surface area contributed by atoms with Crippen LogP contribution in [0.4, 0.5) is 5.82 Å². The second kappa shape index (κ2) is 10.4. The van der Waals surface area contributed by atoms with Gasteiger partial charge in [0.15, 0.2) is 0 Å². The summed E-state index contributed by atoms with van der Waals surface area (Å²) in [7, 11) is -16.4. The molecule has 1 aromatic rings. The van der Waals surface area contributed by atoms with Crippen LogP contribution < -0.4 is 11.4 Å². The molecule has 1 aliphatic rings. The van der Waals surface area contributed by atoms with Crippen LogP contribution in [-0.4, -0.2) is 47.4 Å². The number of hydrogen-bond acceptors (Lipinski definition) is 10. The lowest BCUT2D eigenvalue weighted by Gasteiger charge is -2.27. The van der Waals surface area contributed by atoms with E-state index in [2.05, 4.69) is 13.6 Å². The minimum absolute atomic E-state index is 0.0646. The van der Waals surface area contributed by atoms with E-state index in [0.29, 0.717) is 19.3 Å². The van der Waals surface area contributed by atoms with Crippen LogP contribution in [0.25, 0.3) is 0 Å². The van der Waals surface area contributed by atoms with Crippen molar-refractivity contribution < 1.29 is 51.2 Å². The van der Waals surface area contributed by atoms with Crippen LogP contribution >= 0.6 is 23.5 Å². The van der Waals surface area contributed by atoms with Gasteiger partial charge in [-0.3, -0.25) is 9.09 Å². The predicted molar refractivity (Wildman–Crippen MR) is 109 cm³/mol. The Morgan fingerprint density at radius 1 is 1.28 bits per heavy atom. The van der Waals surface area contributed by atoms with E-state index in [-0.39, 0.29) is 12.4 Å². The molecule has 0 radical (unpaired) electrons. The zero-order valence-electron chi connectivity index (χ0n) is 16.8. The molecule has 1 saturated heterocycles. The molecule has 1 aromatic heterocycles. The lowest BCUT2D eigenvalue weighted by atomic mass is 10.00. The third kappa shape index (κ3) is 8.62. The number of ether oxygens (including phenoxy) is 1. The fraction of sp³-hybridized carbons (Fsp3) is 0.571. The molecule has 0 aromatic carbocycles. The number of nitrogens with two attached hydrogens (primary N) is 1. The first-order chi connectivity index (χ1) is 14.6. The number of hydrogen-bond donors (Lipinski definition) is 5. The molecule has 2 rings (SSSR count). The maximum atomic E-state index is 12.0. The van der Waals surface area contributed by atoms with Gasteiger partial charge in [0.05, 0.1) is 19.3 Å². The van der Waals surface area contributed by atoms with Crippen molar-refractivity contribution in [3.8, 4) is 0 Å². The molecule has 4 atom stereocenters. The number of nitrogen functional groups attached to an aromatic ring is 1. The van der Waals surface area contributed by atoms with E-state index in [1.165, 1.54) is 16.8 Å². The monoisotopic (exact) mass is 519 g/mol. The SMILES string of the molecule is CC/C=C/[C@@]1(COP(=O)(O)OP(=O)(O)OP(=O)(O)O)CCC(Cn2ccc(N)nc2=O)O1. The number of anilines is 1. The average molecular weight is 519 g/mol. The van der Waals surface area contributed by atoms with E-state index < -0.39 is 47.5 Å². The van der Waals surface area contributed by atoms with E-state index >= 15 is 0 Å². The lowest BCUT2D eigenvalue weighted by molar-refractivity contribution is -0.0452. The zero-order chi connectivity index (χ0) is 24.2. The van der Waals surface area contributed by atoms with Crippen LogP contribution in [0.2, 0.25) is 0 Å². The summed E-state index contributed by atoms with van der Waals surface area (Å²) in [6.45, 7) is 1.33. The van der Waals surface area contributed by atoms with E-state index in [1.807, 2.05) is 6.92 Å². The Hall–Kier alpha value is -1.21. The second-order valence-corrected chi connectivity index (χ2v) is 11.2. The number of rotatable bonds is 11. The minimum atomic E-state index is -5.62. The van der Waals surface area contributed by atoms with Crippen molar-refractivity contribution in [1.29, 1.82) is 0 Å². The smallest absolute Gasteiger partial charge is 0.383 e. The minimum Gasteiger partial charge on any atom is -0.383 e. The summed E-state index contributed by atoms with van der Waals surface area (Å²) in [4.78, 5) is 51.7. The quantitative estimate of drug-likeness (QED) is 0.203. The topological polar surface area (TPSA) is 230 Å². The molecule has 182 valence electrons. The van der Waals surface area contributed by atoms with E-state index in [9.17, 15) is 28.3 Å². The van der Waals surface area contributed by atoms with Crippen molar-refractivity contribution in [3.05, 3.63) is 34.9 Å². The Morgan fingerprint density at radius 2 is 1.97 bits per heavy atom. The fourth-order valence-corrected chi connectivity index (χ4v) is 5.96. The largest absolute Gasteiger partial charge is 0.490 e. The lowest BCUT2D eigenvalue weighted by Crippen LogP contribution is -2.34. The number of nitrogens with zero attached hydrogens (tertiary/aromatic N) is 2. The van der Waals surface area contributed by atoms with Gasteiger partial charge in [0.2, 0.25) is 0 Å². The van der Waals surface area contributed by atoms with Crippen LogP contribution in [0, 0.1) is 0 Å². The Morgan fingerprint density at radius 3 is 2.56 bits per heavy atom. The average Bonchev–Trinajstić information content (AvgIpc) is 3.01. The molecule has 2 heterocycles. The Labute approximate surface area is 182 Å². The van der Waals surface area contributed by atoms with Crippen LogP contribution in [0.1, 0.15) is 26.2 Å². The second-order valence-electron chi connectivity index (χ2n) is 6.81. The van der Waals surface area contributed by atoms with Gasteiger partial charge in [0.25, 0.3) is 0 Å². The van der Waals surface area contributed by atoms with Gasteiger partial charge in [-0.25, -0.2) is 18.5 Å². The maximum absolute atomic E-state index is 12.0. The molecular weight excluding hydrogens is 495 g/mol. The Bertz CT molecular complexity index is 1040. The highest BCUT2D eigenvalue weighted by Crippen LogP contribution is 2.66. The number of phosphoric acid groups is 3. The molecular formula is C14H24N3O12P3. The summed E-state index contributed by atoms with van der Waals surface area (Å²) in [6, 6.07) is 1.44. The predicted octanol–water partition coefficient (Wildman–Crippen LogP) is 1.05. The molecule has 15 nitrogen and oxygen atoms in total. The molecule has 0 amide bonds. The normalized spacial score (nSPS) is 25.6. The summed E-state index contributed by atoms with van der Waals surface area (Å²) in [5.74, 6) is 0.0646. The van der Waals surface area contributed by atoms with E-state index in [1.54, 1.807) is 12.2 Å². The summed E-state index contributed by atoms with van der Waals surface area (Å²) in [6.07, 6.45) is 5.53. The van der Waals surface area contributed by atoms with Gasteiger partial charge in [-0.1, -0.05) is 19.1 Å². The summed E-state index contributed by atoms with van der Waals surface area (Å²) < 4.78 is 53.6. The van der Waals surface area contributed by atoms with E-state index in [0.717, 1.165) is 0 Å². The maximum Gasteiger partial charge on any atom is 0.490 e. The molecule has 1 fully saturated rings. The third-order valence-corrected chi connectivity index (χ3v) is 7.91. The van der Waals surface area contributed by atoms with Crippen molar-refractivity contribution in [3.63, 3.8) is 0 Å². The summed E-state index contributed by atoms with van der Waals surface area (Å²) in [5, 5.41) is 0. The van der Waals surface area contributed by atoms with Crippen LogP contribution in [0.3, 0.4) is 0 Å². The zero-order valence-corrected chi connectivity index (χ0v) is 19.5. The fourth-order valence-electron chi connectivity index (χ4n) is 2.89. The first-order valence-electron chi connectivity index (χ1n) is 9.11. The van der Waals surface area contributed by atoms with Gasteiger partial charge in [-0.05, 0) is 25.3 Å². The Balaban J connectivity index is 2.09. The van der Waals surface area contributed by atoms with Gasteiger partial charge in [-0.2, -0.15) is 13.6 Å². The molecule has 1 aliphatic heterocycles. The van der Waals surface area contributed by atoms with Gasteiger partial charge >= 0.3 is 29.2 Å².